The van der Waals surface area contributed by atoms with Crippen LogP contribution in [-0.4, -0.2) is 0 Å². The van der Waals surface area contributed by atoms with E-state index in [1.807, 2.05) is 0 Å². The van der Waals surface area contributed by atoms with Gasteiger partial charge >= 0.3 is 0 Å². The summed E-state index contributed by atoms with van der Waals surface area (Å²) in [6.07, 6.45) is 4.22. The van der Waals surface area contributed by atoms with Crippen molar-refractivity contribution in [3.63, 3.8) is 0 Å². The highest BCUT2D eigenvalue weighted by atomic mass is 14.6. The molecule has 0 aromatic carbocycles. The van der Waals surface area contributed by atoms with Gasteiger partial charge in [0.25, 0.3) is 0 Å². The van der Waals surface area contributed by atoms with E-state index in [1.165, 1.54) is 24.8 Å². The van der Waals surface area contributed by atoms with Crippen molar-refractivity contribution in [2.75, 3.05) is 0 Å². The first-order valence-corrected chi connectivity index (χ1v) is 4.67. The SMILES string of the molecule is C=C1C2(C)CCC(C2)C1(C)C. The molecule has 0 aromatic rings. The molecule has 2 aliphatic rings. The Morgan fingerprint density at radius 1 is 1.36 bits per heavy atom. The van der Waals surface area contributed by atoms with Gasteiger partial charge in [-0.2, -0.15) is 0 Å². The molecular weight excluding hydrogens is 132 g/mol. The van der Waals surface area contributed by atoms with Gasteiger partial charge in [0.15, 0.2) is 0 Å². The van der Waals surface area contributed by atoms with Gasteiger partial charge < -0.3 is 0 Å². The first kappa shape index (κ1) is 7.39. The zero-order valence-corrected chi connectivity index (χ0v) is 7.91. The van der Waals surface area contributed by atoms with Crippen LogP contribution in [0.15, 0.2) is 12.2 Å². The van der Waals surface area contributed by atoms with Crippen molar-refractivity contribution >= 4 is 0 Å². The summed E-state index contributed by atoms with van der Waals surface area (Å²) in [5, 5.41) is 0. The fraction of sp³-hybridized carbons (Fsp3) is 0.818. The van der Waals surface area contributed by atoms with Crippen LogP contribution in [0, 0.1) is 16.7 Å². The predicted octanol–water partition coefficient (Wildman–Crippen LogP) is 3.39. The summed E-state index contributed by atoms with van der Waals surface area (Å²) in [4.78, 5) is 0. The highest BCUT2D eigenvalue weighted by Crippen LogP contribution is 2.64. The molecule has 2 atom stereocenters. The second kappa shape index (κ2) is 1.73. The van der Waals surface area contributed by atoms with Crippen LogP contribution >= 0.6 is 0 Å². The highest BCUT2D eigenvalue weighted by molar-refractivity contribution is 5.28. The lowest BCUT2D eigenvalue weighted by Crippen LogP contribution is -2.25. The van der Waals surface area contributed by atoms with Gasteiger partial charge in [0.05, 0.1) is 0 Å². The van der Waals surface area contributed by atoms with Gasteiger partial charge in [0.2, 0.25) is 0 Å². The van der Waals surface area contributed by atoms with Crippen LogP contribution in [0.3, 0.4) is 0 Å². The molecule has 2 unspecified atom stereocenters. The normalized spacial score (nSPS) is 46.8. The Morgan fingerprint density at radius 3 is 2.27 bits per heavy atom. The van der Waals surface area contributed by atoms with Crippen LogP contribution in [-0.2, 0) is 0 Å². The number of fused-ring (bicyclic) bond motifs is 2. The molecule has 0 saturated heterocycles. The minimum absolute atomic E-state index is 0.438. The standard InChI is InChI=1S/C11H18/c1-8-10(2,3)9-5-6-11(8,4)7-9/h9H,1,5-7H2,2-4H3. The molecule has 2 rings (SSSR count). The van der Waals surface area contributed by atoms with Crippen molar-refractivity contribution in [2.24, 2.45) is 16.7 Å². The van der Waals surface area contributed by atoms with Crippen molar-refractivity contribution in [3.05, 3.63) is 12.2 Å². The van der Waals surface area contributed by atoms with E-state index in [1.54, 1.807) is 0 Å². The molecule has 0 heteroatoms. The smallest absolute Gasteiger partial charge is 0.0111 e. The Morgan fingerprint density at radius 2 is 2.00 bits per heavy atom. The lowest BCUT2D eigenvalue weighted by Gasteiger charge is -2.36. The zero-order chi connectivity index (χ0) is 8.28. The molecule has 2 fully saturated rings. The van der Waals surface area contributed by atoms with Crippen LogP contribution in [0.2, 0.25) is 0 Å². The third-order valence-corrected chi connectivity index (χ3v) is 4.27. The molecule has 2 saturated carbocycles. The van der Waals surface area contributed by atoms with E-state index in [2.05, 4.69) is 27.4 Å². The van der Waals surface area contributed by atoms with Crippen LogP contribution in [0.4, 0.5) is 0 Å². The Labute approximate surface area is 69.7 Å². The molecule has 0 nitrogen and oxygen atoms in total. The zero-order valence-electron chi connectivity index (χ0n) is 7.91. The quantitative estimate of drug-likeness (QED) is 0.464. The second-order valence-corrected chi connectivity index (χ2v) is 5.20. The molecular formula is C11H18. The van der Waals surface area contributed by atoms with Crippen molar-refractivity contribution in [1.82, 2.24) is 0 Å². The molecule has 2 bridgehead atoms. The summed E-state index contributed by atoms with van der Waals surface area (Å²) in [6, 6.07) is 0. The van der Waals surface area contributed by atoms with Crippen molar-refractivity contribution in [1.29, 1.82) is 0 Å². The number of hydrogen-bond acceptors (Lipinski definition) is 0. The van der Waals surface area contributed by atoms with Crippen molar-refractivity contribution in [3.8, 4) is 0 Å². The van der Waals surface area contributed by atoms with E-state index < -0.39 is 0 Å². The van der Waals surface area contributed by atoms with Crippen molar-refractivity contribution in [2.45, 2.75) is 40.0 Å². The number of allylic oxidation sites excluding steroid dienone is 1. The van der Waals surface area contributed by atoms with E-state index in [0.717, 1.165) is 5.92 Å². The van der Waals surface area contributed by atoms with Gasteiger partial charge in [0.1, 0.15) is 0 Å². The van der Waals surface area contributed by atoms with E-state index in [9.17, 15) is 0 Å². The maximum Gasteiger partial charge on any atom is -0.0111 e. The Balaban J connectivity index is 2.42. The lowest BCUT2D eigenvalue weighted by molar-refractivity contribution is 0.275. The first-order chi connectivity index (χ1) is 4.97. The van der Waals surface area contributed by atoms with Gasteiger partial charge in [-0.25, -0.2) is 0 Å². The van der Waals surface area contributed by atoms with Gasteiger partial charge in [0, 0.05) is 0 Å². The van der Waals surface area contributed by atoms with Gasteiger partial charge in [-0.05, 0) is 36.0 Å². The molecule has 62 valence electrons. The Bertz CT molecular complexity index is 205. The highest BCUT2D eigenvalue weighted by Gasteiger charge is 2.54. The van der Waals surface area contributed by atoms with E-state index in [0.29, 0.717) is 10.8 Å². The summed E-state index contributed by atoms with van der Waals surface area (Å²) in [7, 11) is 0. The predicted molar refractivity (Wildman–Crippen MR) is 48.4 cm³/mol. The molecule has 0 aromatic heterocycles. The molecule has 2 aliphatic carbocycles. The Kier molecular flexibility index (Phi) is 1.16. The van der Waals surface area contributed by atoms with E-state index in [-0.39, 0.29) is 0 Å². The van der Waals surface area contributed by atoms with Gasteiger partial charge in [-0.1, -0.05) is 32.9 Å². The van der Waals surface area contributed by atoms with Crippen LogP contribution in [0.1, 0.15) is 40.0 Å². The molecule has 0 radical (unpaired) electrons. The maximum atomic E-state index is 4.26. The molecule has 0 amide bonds. The van der Waals surface area contributed by atoms with E-state index >= 15 is 0 Å². The minimum Gasteiger partial charge on any atom is -0.0988 e. The van der Waals surface area contributed by atoms with Crippen LogP contribution in [0.25, 0.3) is 0 Å². The summed E-state index contributed by atoms with van der Waals surface area (Å²) >= 11 is 0. The lowest BCUT2D eigenvalue weighted by atomic mass is 9.69. The number of rotatable bonds is 0. The third kappa shape index (κ3) is 0.706. The fourth-order valence-electron chi connectivity index (χ4n) is 3.16. The Hall–Kier alpha value is -0.260. The molecule has 0 aliphatic heterocycles. The summed E-state index contributed by atoms with van der Waals surface area (Å²) in [6.45, 7) is 11.4. The van der Waals surface area contributed by atoms with Gasteiger partial charge in [-0.3, -0.25) is 0 Å². The summed E-state index contributed by atoms with van der Waals surface area (Å²) in [5.74, 6) is 0.931. The average molecular weight is 150 g/mol. The average Bonchev–Trinajstić information content (AvgIpc) is 2.36. The molecule has 0 spiro atoms. The molecule has 11 heavy (non-hydrogen) atoms. The largest absolute Gasteiger partial charge is 0.0988 e. The summed E-state index contributed by atoms with van der Waals surface area (Å²) < 4.78 is 0. The maximum absolute atomic E-state index is 4.26. The summed E-state index contributed by atoms with van der Waals surface area (Å²) in [5.41, 5.74) is 2.46. The van der Waals surface area contributed by atoms with E-state index in [4.69, 9.17) is 0 Å². The monoisotopic (exact) mass is 150 g/mol. The first-order valence-electron chi connectivity index (χ1n) is 4.67. The van der Waals surface area contributed by atoms with Gasteiger partial charge in [-0.15, -0.1) is 0 Å². The van der Waals surface area contributed by atoms with Crippen LogP contribution in [0.5, 0.6) is 0 Å². The third-order valence-electron chi connectivity index (χ3n) is 4.27. The molecule has 0 N–H and O–H groups in total. The second-order valence-electron chi connectivity index (χ2n) is 5.20. The number of hydrogen-bond donors (Lipinski definition) is 0. The van der Waals surface area contributed by atoms with Crippen LogP contribution < -0.4 is 0 Å². The topological polar surface area (TPSA) is 0 Å². The minimum atomic E-state index is 0.438. The van der Waals surface area contributed by atoms with Crippen molar-refractivity contribution < 1.29 is 0 Å². The molecule has 0 heterocycles. The fourth-order valence-corrected chi connectivity index (χ4v) is 3.16.